The SMILES string of the molecule is CCOc1cccc(OCC)c1N=NC(C(C)=O)C(=O)Nc1ccc(OC)c(OC)c1Cl. The lowest BCUT2D eigenvalue weighted by molar-refractivity contribution is -0.126. The van der Waals surface area contributed by atoms with Gasteiger partial charge in [-0.15, -0.1) is 5.11 Å². The predicted molar refractivity (Wildman–Crippen MR) is 121 cm³/mol. The van der Waals surface area contributed by atoms with Crippen LogP contribution in [0.3, 0.4) is 0 Å². The van der Waals surface area contributed by atoms with Gasteiger partial charge < -0.3 is 24.3 Å². The largest absolute Gasteiger partial charge is 0.493 e. The molecule has 0 bridgehead atoms. The van der Waals surface area contributed by atoms with Crippen molar-refractivity contribution in [3.8, 4) is 23.0 Å². The molecule has 172 valence electrons. The number of amides is 1. The van der Waals surface area contributed by atoms with Crippen molar-refractivity contribution in [2.45, 2.75) is 26.8 Å². The van der Waals surface area contributed by atoms with Gasteiger partial charge in [0, 0.05) is 0 Å². The van der Waals surface area contributed by atoms with Gasteiger partial charge in [0.2, 0.25) is 6.04 Å². The van der Waals surface area contributed by atoms with Crippen LogP contribution in [0, 0.1) is 0 Å². The number of ether oxygens (including phenoxy) is 4. The van der Waals surface area contributed by atoms with Gasteiger partial charge in [-0.1, -0.05) is 17.7 Å². The minimum absolute atomic E-state index is 0.125. The molecule has 10 heteroatoms. The van der Waals surface area contributed by atoms with E-state index in [0.717, 1.165) is 0 Å². The Morgan fingerprint density at radius 1 is 1.00 bits per heavy atom. The van der Waals surface area contributed by atoms with Crippen molar-refractivity contribution in [3.63, 3.8) is 0 Å². The molecule has 0 aliphatic heterocycles. The quantitative estimate of drug-likeness (QED) is 0.377. The normalized spacial score (nSPS) is 11.7. The number of carbonyl (C=O) groups excluding carboxylic acids is 2. The molecule has 0 heterocycles. The van der Waals surface area contributed by atoms with Crippen LogP contribution in [-0.2, 0) is 9.59 Å². The summed E-state index contributed by atoms with van der Waals surface area (Å²) >= 11 is 6.31. The number of rotatable bonds is 11. The summed E-state index contributed by atoms with van der Waals surface area (Å²) in [4.78, 5) is 25.0. The molecule has 9 nitrogen and oxygen atoms in total. The van der Waals surface area contributed by atoms with E-state index >= 15 is 0 Å². The zero-order chi connectivity index (χ0) is 23.7. The molecule has 0 aliphatic carbocycles. The highest BCUT2D eigenvalue weighted by atomic mass is 35.5. The van der Waals surface area contributed by atoms with Gasteiger partial charge in [-0.3, -0.25) is 9.59 Å². The number of Topliss-reactive ketones (excluding diaryl/α,β-unsaturated/α-hetero) is 1. The second kappa shape index (κ2) is 11.9. The molecule has 0 saturated carbocycles. The van der Waals surface area contributed by atoms with Crippen LogP contribution in [0.2, 0.25) is 5.02 Å². The Morgan fingerprint density at radius 2 is 1.62 bits per heavy atom. The van der Waals surface area contributed by atoms with E-state index in [0.29, 0.717) is 36.1 Å². The summed E-state index contributed by atoms with van der Waals surface area (Å²) < 4.78 is 21.6. The molecule has 0 aromatic heterocycles. The summed E-state index contributed by atoms with van der Waals surface area (Å²) in [5, 5.41) is 10.8. The van der Waals surface area contributed by atoms with Crippen molar-refractivity contribution in [2.24, 2.45) is 10.2 Å². The van der Waals surface area contributed by atoms with Crippen molar-refractivity contribution in [3.05, 3.63) is 35.4 Å². The first-order valence-corrected chi connectivity index (χ1v) is 10.3. The molecule has 1 atom stereocenters. The Morgan fingerprint density at radius 3 is 2.12 bits per heavy atom. The molecule has 0 aliphatic rings. The molecule has 2 aromatic carbocycles. The summed E-state index contributed by atoms with van der Waals surface area (Å²) in [6.07, 6.45) is 0. The third kappa shape index (κ3) is 5.88. The van der Waals surface area contributed by atoms with Gasteiger partial charge in [0.15, 0.2) is 34.5 Å². The van der Waals surface area contributed by atoms with Crippen molar-refractivity contribution >= 4 is 34.7 Å². The number of nitrogens with zero attached hydrogens (tertiary/aromatic N) is 2. The maximum atomic E-state index is 12.8. The van der Waals surface area contributed by atoms with E-state index in [-0.39, 0.29) is 16.5 Å². The van der Waals surface area contributed by atoms with Gasteiger partial charge in [-0.25, -0.2) is 0 Å². The highest BCUT2D eigenvalue weighted by molar-refractivity contribution is 6.35. The van der Waals surface area contributed by atoms with Gasteiger partial charge in [0.25, 0.3) is 5.91 Å². The van der Waals surface area contributed by atoms with Crippen molar-refractivity contribution in [1.29, 1.82) is 0 Å². The monoisotopic (exact) mass is 463 g/mol. The third-order valence-electron chi connectivity index (χ3n) is 4.21. The number of hydrogen-bond acceptors (Lipinski definition) is 8. The number of halogens is 1. The summed E-state index contributed by atoms with van der Waals surface area (Å²) in [5.74, 6) is 0.284. The van der Waals surface area contributed by atoms with E-state index in [2.05, 4.69) is 15.5 Å². The van der Waals surface area contributed by atoms with Crippen LogP contribution in [0.25, 0.3) is 0 Å². The molecular weight excluding hydrogens is 438 g/mol. The molecule has 0 radical (unpaired) electrons. The number of ketones is 1. The maximum Gasteiger partial charge on any atom is 0.258 e. The number of methoxy groups -OCH3 is 2. The summed E-state index contributed by atoms with van der Waals surface area (Å²) in [6.45, 7) is 5.69. The van der Waals surface area contributed by atoms with Crippen molar-refractivity contribution in [1.82, 2.24) is 0 Å². The first kappa shape index (κ1) is 24.9. The second-order valence-corrected chi connectivity index (χ2v) is 6.73. The van der Waals surface area contributed by atoms with Crippen molar-refractivity contribution in [2.75, 3.05) is 32.8 Å². The first-order valence-electron chi connectivity index (χ1n) is 9.89. The fraction of sp³-hybridized carbons (Fsp3) is 0.364. The number of benzene rings is 2. The standard InChI is InChI=1S/C22H26ClN3O6/c1-6-31-15-9-8-10-16(32-7-2)20(15)26-25-19(13(3)27)22(28)24-14-11-12-17(29-4)21(30-5)18(14)23/h8-12,19H,6-7H2,1-5H3,(H,24,28). The lowest BCUT2D eigenvalue weighted by Gasteiger charge is -2.15. The fourth-order valence-corrected chi connectivity index (χ4v) is 3.05. The van der Waals surface area contributed by atoms with Gasteiger partial charge in [-0.2, -0.15) is 5.11 Å². The molecule has 0 saturated heterocycles. The van der Waals surface area contributed by atoms with Gasteiger partial charge in [0.05, 0.1) is 33.1 Å². The van der Waals surface area contributed by atoms with E-state index in [1.165, 1.54) is 27.2 Å². The molecule has 0 spiro atoms. The minimum Gasteiger partial charge on any atom is -0.493 e. The summed E-state index contributed by atoms with van der Waals surface area (Å²) in [5.41, 5.74) is 0.528. The van der Waals surface area contributed by atoms with E-state index in [1.807, 2.05) is 13.8 Å². The number of hydrogen-bond donors (Lipinski definition) is 1. The van der Waals surface area contributed by atoms with E-state index in [9.17, 15) is 9.59 Å². The van der Waals surface area contributed by atoms with E-state index < -0.39 is 17.7 Å². The number of nitrogens with one attached hydrogen (secondary N) is 1. The van der Waals surface area contributed by atoms with Gasteiger partial charge in [-0.05, 0) is 45.0 Å². The molecule has 1 N–H and O–H groups in total. The van der Waals surface area contributed by atoms with Crippen LogP contribution < -0.4 is 24.3 Å². The van der Waals surface area contributed by atoms with Crippen LogP contribution >= 0.6 is 11.6 Å². The number of carbonyl (C=O) groups is 2. The smallest absolute Gasteiger partial charge is 0.258 e. The topological polar surface area (TPSA) is 108 Å². The van der Waals surface area contributed by atoms with Crippen LogP contribution in [0.5, 0.6) is 23.0 Å². The molecule has 2 aromatic rings. The highest BCUT2D eigenvalue weighted by Crippen LogP contribution is 2.40. The summed E-state index contributed by atoms with van der Waals surface area (Å²) in [6, 6.07) is 6.86. The predicted octanol–water partition coefficient (Wildman–Crippen LogP) is 4.83. The molecule has 0 fully saturated rings. The Balaban J connectivity index is 2.35. The molecular formula is C22H26ClN3O6. The first-order chi connectivity index (χ1) is 15.4. The zero-order valence-corrected chi connectivity index (χ0v) is 19.4. The van der Waals surface area contributed by atoms with Crippen LogP contribution in [0.1, 0.15) is 20.8 Å². The van der Waals surface area contributed by atoms with Crippen LogP contribution in [0.15, 0.2) is 40.6 Å². The second-order valence-electron chi connectivity index (χ2n) is 6.35. The molecule has 2 rings (SSSR count). The Bertz CT molecular complexity index is 972. The van der Waals surface area contributed by atoms with E-state index in [1.54, 1.807) is 24.3 Å². The van der Waals surface area contributed by atoms with Crippen molar-refractivity contribution < 1.29 is 28.5 Å². The minimum atomic E-state index is -1.41. The van der Waals surface area contributed by atoms with Crippen LogP contribution in [0.4, 0.5) is 11.4 Å². The molecule has 32 heavy (non-hydrogen) atoms. The average molecular weight is 464 g/mol. The number of azo groups is 1. The zero-order valence-electron chi connectivity index (χ0n) is 18.6. The number of anilines is 1. The average Bonchev–Trinajstić information content (AvgIpc) is 2.76. The lowest BCUT2D eigenvalue weighted by Crippen LogP contribution is -2.32. The van der Waals surface area contributed by atoms with Crippen LogP contribution in [-0.4, -0.2) is 45.2 Å². The Hall–Kier alpha value is -3.33. The third-order valence-corrected chi connectivity index (χ3v) is 4.59. The van der Waals surface area contributed by atoms with Gasteiger partial charge in [0.1, 0.15) is 5.02 Å². The molecule has 1 amide bonds. The fourth-order valence-electron chi connectivity index (χ4n) is 2.77. The Labute approximate surface area is 191 Å². The Kier molecular flexibility index (Phi) is 9.27. The maximum absolute atomic E-state index is 12.8. The summed E-state index contributed by atoms with van der Waals surface area (Å²) in [7, 11) is 2.89. The lowest BCUT2D eigenvalue weighted by atomic mass is 10.2. The van der Waals surface area contributed by atoms with E-state index in [4.69, 9.17) is 30.5 Å². The van der Waals surface area contributed by atoms with Gasteiger partial charge >= 0.3 is 0 Å². The highest BCUT2D eigenvalue weighted by Gasteiger charge is 2.25. The molecule has 1 unspecified atom stereocenters.